The summed E-state index contributed by atoms with van der Waals surface area (Å²) < 4.78 is 83.4. The van der Waals surface area contributed by atoms with Gasteiger partial charge in [-0.3, -0.25) is 9.59 Å². The number of hydrogen-bond acceptors (Lipinski definition) is 11. The number of benzene rings is 8. The van der Waals surface area contributed by atoms with Crippen molar-refractivity contribution >= 4 is 80.4 Å². The molecule has 99 heavy (non-hydrogen) atoms. The molecule has 11 rings (SSSR count). The standard InChI is InChI=1S/C25H18F2N4O2.C13H11F2NO.C12H9N3O2.C12H22NSi2.C7H4F2O.C4H9N.BrH.Mg/c1-15-11-23(31(30-15)20-8-4-6-18(14-20)28-2)25(33)29-19-7-3-5-16(12-19)24(32)21-10-9-17(26)13-22(21)27;14-9-4-5-11(12(15)7-9)13(17)8-2-1-3-10(16)6-8;1-8-5-11(12(16)17)15(14-8)10-4-2-3-9(6-10)7-13;1-14(2,3)13(15(4,5)6)12-10-8-7-9-11-12;8-6-2-1-5(4-10)7(9)3-6;5-3-4-1-2-4;;/h3-14,24,32H,1H3,(H,29,33);1-7,13,17H,16H2;2-6H,1H3,(H,16,17);7-8,10-11H,1-6H3;1-4H;4H,1-3,5H2;1H;/q;;;-1;;;;+2/p-1. The molecule has 8 N–H and O–H groups in total. The van der Waals surface area contributed by atoms with Gasteiger partial charge in [-0.15, -0.1) is 0 Å². The third kappa shape index (κ3) is 24.5. The van der Waals surface area contributed by atoms with Crippen LogP contribution in [0.1, 0.15) is 95.6 Å². The van der Waals surface area contributed by atoms with E-state index in [4.69, 9.17) is 28.4 Å². The molecule has 0 aliphatic heterocycles. The molecular formula is C73H73BrF6MgN10O6Si2. The van der Waals surface area contributed by atoms with Gasteiger partial charge in [-0.25, -0.2) is 45.3 Å². The molecule has 2 atom stereocenters. The zero-order valence-electron chi connectivity index (χ0n) is 55.5. The first-order chi connectivity index (χ1) is 45.9. The summed E-state index contributed by atoms with van der Waals surface area (Å²) in [5.41, 5.74) is 17.2. The van der Waals surface area contributed by atoms with Crippen LogP contribution in [-0.4, -0.2) is 99.1 Å². The van der Waals surface area contributed by atoms with Gasteiger partial charge in [-0.2, -0.15) is 45.8 Å². The smallest absolute Gasteiger partial charge is 1.00 e. The summed E-state index contributed by atoms with van der Waals surface area (Å²) in [5, 5.41) is 49.6. The van der Waals surface area contributed by atoms with Crippen LogP contribution in [0.2, 0.25) is 39.3 Å². The fourth-order valence-electron chi connectivity index (χ4n) is 9.88. The second-order valence-corrected chi connectivity index (χ2v) is 34.1. The fraction of sp³-hybridized carbons (Fsp3) is 0.192. The van der Waals surface area contributed by atoms with Crippen molar-refractivity contribution in [2.45, 2.75) is 78.2 Å². The summed E-state index contributed by atoms with van der Waals surface area (Å²) in [6, 6.07) is 51.7. The molecule has 0 spiro atoms. The number of nitrogen functional groups attached to an aromatic ring is 1. The number of aliphatic hydroxyl groups excluding tert-OH is 2. The number of carbonyl (C=O) groups excluding carboxylic acids is 2. The van der Waals surface area contributed by atoms with Gasteiger partial charge in [0.2, 0.25) is 0 Å². The van der Waals surface area contributed by atoms with E-state index < -0.39 is 75.5 Å². The molecule has 0 bridgehead atoms. The number of carboxylic acid groups (broad SMARTS) is 1. The number of anilines is 3. The molecule has 1 saturated carbocycles. The minimum Gasteiger partial charge on any atom is -1.00 e. The molecule has 2 heterocycles. The predicted molar refractivity (Wildman–Crippen MR) is 374 cm³/mol. The third-order valence-corrected chi connectivity index (χ3v) is 21.4. The monoisotopic (exact) mass is 1460 g/mol. The zero-order chi connectivity index (χ0) is 71.3. The number of aromatic nitrogens is 4. The number of carboxylic acids is 1. The molecule has 0 radical (unpaired) electrons. The number of aliphatic hydroxyl groups is 2. The van der Waals surface area contributed by atoms with E-state index in [9.17, 15) is 50.9 Å². The second-order valence-electron chi connectivity index (χ2n) is 24.1. The maximum absolute atomic E-state index is 14.1. The van der Waals surface area contributed by atoms with E-state index in [1.165, 1.54) is 52.2 Å². The first-order valence-corrected chi connectivity index (χ1v) is 37.1. The Morgan fingerprint density at radius 2 is 1.20 bits per heavy atom. The number of aryl methyl sites for hydroxylation is 2. The molecule has 0 saturated heterocycles. The van der Waals surface area contributed by atoms with Crippen molar-refractivity contribution < 1.29 is 73.0 Å². The molecule has 10 aromatic rings. The van der Waals surface area contributed by atoms with Crippen LogP contribution in [-0.2, 0) is 0 Å². The molecule has 1 amide bonds. The van der Waals surface area contributed by atoms with Gasteiger partial charge >= 0.3 is 29.0 Å². The van der Waals surface area contributed by atoms with Gasteiger partial charge in [-0.05, 0) is 141 Å². The number of halogens is 7. The zero-order valence-corrected chi connectivity index (χ0v) is 60.5. The molecule has 2 unspecified atom stereocenters. The van der Waals surface area contributed by atoms with E-state index in [-0.39, 0.29) is 68.1 Å². The van der Waals surface area contributed by atoms with Crippen LogP contribution >= 0.6 is 0 Å². The molecule has 2 aromatic heterocycles. The fourth-order valence-corrected chi connectivity index (χ4v) is 19.8. The summed E-state index contributed by atoms with van der Waals surface area (Å²) in [5.74, 6) is -5.15. The van der Waals surface area contributed by atoms with Crippen molar-refractivity contribution in [1.29, 1.82) is 5.26 Å². The van der Waals surface area contributed by atoms with Gasteiger partial charge in [0.15, 0.2) is 17.7 Å². The van der Waals surface area contributed by atoms with Gasteiger partial charge in [0.05, 0.1) is 46.5 Å². The normalized spacial score (nSPS) is 11.7. The van der Waals surface area contributed by atoms with Crippen molar-refractivity contribution in [3.63, 3.8) is 0 Å². The van der Waals surface area contributed by atoms with E-state index in [1.807, 2.05) is 12.1 Å². The second kappa shape index (κ2) is 38.0. The molecule has 1 aliphatic carbocycles. The Kier molecular flexibility index (Phi) is 31.5. The average molecular weight is 1460 g/mol. The van der Waals surface area contributed by atoms with Crippen LogP contribution in [0.15, 0.2) is 188 Å². The Labute approximate surface area is 600 Å². The Hall–Kier alpha value is -9.49. The first-order valence-electron chi connectivity index (χ1n) is 30.2. The number of aromatic carboxylic acids is 1. The van der Waals surface area contributed by atoms with E-state index in [0.717, 1.165) is 42.8 Å². The van der Waals surface area contributed by atoms with Gasteiger partial charge in [0, 0.05) is 40.7 Å². The number of nitrogens with two attached hydrogens (primary N) is 2. The third-order valence-electron chi connectivity index (χ3n) is 14.1. The summed E-state index contributed by atoms with van der Waals surface area (Å²) in [6.07, 6.45) is 0.618. The quantitative estimate of drug-likeness (QED) is 0.0196. The van der Waals surface area contributed by atoms with Crippen molar-refractivity contribution in [2.24, 2.45) is 11.7 Å². The summed E-state index contributed by atoms with van der Waals surface area (Å²) in [6.45, 7) is 26.1. The maximum Gasteiger partial charge on any atom is 2.00 e. The largest absolute Gasteiger partial charge is 2.00 e. The number of nitrogens with zero attached hydrogens (tertiary/aromatic N) is 7. The molecule has 26 heteroatoms. The van der Waals surface area contributed by atoms with Gasteiger partial charge in [0.25, 0.3) is 5.91 Å². The van der Waals surface area contributed by atoms with E-state index in [0.29, 0.717) is 74.9 Å². The van der Waals surface area contributed by atoms with Crippen molar-refractivity contribution in [2.75, 3.05) is 21.8 Å². The molecule has 16 nitrogen and oxygen atoms in total. The predicted octanol–water partition coefficient (Wildman–Crippen LogP) is 12.4. The first kappa shape index (κ1) is 81.9. The minimum absolute atomic E-state index is 0. The minimum atomic E-state index is -1.34. The summed E-state index contributed by atoms with van der Waals surface area (Å²) in [7, 11) is -2.58. The molecular weight excluding hydrogens is 1390 g/mol. The number of aldehydes is 1. The Morgan fingerprint density at radius 3 is 1.67 bits per heavy atom. The molecule has 8 aromatic carbocycles. The van der Waals surface area contributed by atoms with Crippen molar-refractivity contribution in [1.82, 2.24) is 19.6 Å². The van der Waals surface area contributed by atoms with Crippen LogP contribution in [0.3, 0.4) is 0 Å². The maximum atomic E-state index is 14.1. The van der Waals surface area contributed by atoms with E-state index in [1.54, 1.807) is 111 Å². The number of amides is 1. The number of hydrogen-bond donors (Lipinski definition) is 6. The molecule has 1 aliphatic rings. The van der Waals surface area contributed by atoms with Crippen molar-refractivity contribution in [3.05, 3.63) is 297 Å². The van der Waals surface area contributed by atoms with Crippen LogP contribution in [0.4, 0.5) is 49.1 Å². The molecule has 510 valence electrons. The van der Waals surface area contributed by atoms with Crippen LogP contribution in [0.25, 0.3) is 16.2 Å². The van der Waals surface area contributed by atoms with Gasteiger partial charge < -0.3 is 53.3 Å². The van der Waals surface area contributed by atoms with Gasteiger partial charge in [-0.1, -0.05) is 99.6 Å². The number of nitriles is 1. The van der Waals surface area contributed by atoms with E-state index in [2.05, 4.69) is 88.1 Å². The Balaban J connectivity index is 0.000000271. The Morgan fingerprint density at radius 1 is 0.697 bits per heavy atom. The Bertz CT molecular complexity index is 4430. The summed E-state index contributed by atoms with van der Waals surface area (Å²) >= 11 is 0. The number of carbonyl (C=O) groups is 3. The average Bonchev–Trinajstić information content (AvgIpc) is 1.30. The van der Waals surface area contributed by atoms with Crippen LogP contribution < -0.4 is 38.0 Å². The summed E-state index contributed by atoms with van der Waals surface area (Å²) in [4.78, 5) is 37.4. The van der Waals surface area contributed by atoms with Crippen LogP contribution in [0, 0.1) is 78.6 Å². The van der Waals surface area contributed by atoms with E-state index >= 15 is 0 Å². The number of rotatable bonds is 14. The van der Waals surface area contributed by atoms with Crippen LogP contribution in [0.5, 0.6) is 0 Å². The topological polar surface area (TPSA) is 243 Å². The van der Waals surface area contributed by atoms with Crippen molar-refractivity contribution in [3.8, 4) is 17.4 Å². The van der Waals surface area contributed by atoms with Gasteiger partial charge in [0.1, 0.15) is 69.3 Å². The molecule has 1 fully saturated rings. The SMILES string of the molecule is C[Si](C)(C)N(c1c[c-]ccc1)[Si](C)(C)C.Cc1cc(C(=O)O)n(-c2cccc(C#N)c2)n1.NCC1CC1.Nc1cccc(C(O)c2ccc(F)cc2F)c1.O=Cc1ccc(F)cc1F.[Br-].[C-]#[N+]c1cccc(-n2nc(C)cc2C(=O)Nc2cccc(C(O)c3ccc(F)cc3F)c2)c1.[Mg+2]. The number of nitrogens with one attached hydrogen (secondary N) is 1.